The summed E-state index contributed by atoms with van der Waals surface area (Å²) in [5.74, 6) is -0.746. The lowest BCUT2D eigenvalue weighted by molar-refractivity contribution is 0.266. The van der Waals surface area contributed by atoms with E-state index in [0.29, 0.717) is 5.56 Å². The van der Waals surface area contributed by atoms with Crippen LogP contribution in [0.3, 0.4) is 0 Å². The highest BCUT2D eigenvalue weighted by Crippen LogP contribution is 2.34. The molecule has 1 N–H and O–H groups in total. The van der Waals surface area contributed by atoms with E-state index in [-0.39, 0.29) is 17.3 Å². The normalized spacial score (nSPS) is 13.8. The summed E-state index contributed by atoms with van der Waals surface area (Å²) < 4.78 is 27.0. The molecular weight excluding hydrogens is 220 g/mol. The fraction of sp³-hybridized carbons (Fsp3) is 0.571. The molecule has 1 atom stereocenters. The van der Waals surface area contributed by atoms with Crippen LogP contribution in [0, 0.1) is 17.0 Å². The Morgan fingerprint density at radius 3 is 2.41 bits per heavy atom. The summed E-state index contributed by atoms with van der Waals surface area (Å²) in [7, 11) is 0. The smallest absolute Gasteiger partial charge is 0.128 e. The Balaban J connectivity index is 3.08. The van der Waals surface area contributed by atoms with Gasteiger partial charge in [-0.1, -0.05) is 27.7 Å². The fourth-order valence-electron chi connectivity index (χ4n) is 1.91. The third-order valence-electron chi connectivity index (χ3n) is 2.73. The van der Waals surface area contributed by atoms with Gasteiger partial charge >= 0.3 is 0 Å². The average molecular weight is 241 g/mol. The molecule has 0 bridgehead atoms. The van der Waals surface area contributed by atoms with Crippen LogP contribution in [0.1, 0.15) is 45.7 Å². The van der Waals surface area contributed by atoms with Crippen LogP contribution in [-0.4, -0.2) is 6.54 Å². The van der Waals surface area contributed by atoms with Crippen LogP contribution < -0.4 is 5.32 Å². The zero-order chi connectivity index (χ0) is 13.1. The SMILES string of the molecule is CCCNC(c1cc(F)ccc1F)C(C)(C)C. The molecular formula is C14H21F2N. The van der Waals surface area contributed by atoms with Crippen molar-refractivity contribution in [2.75, 3.05) is 6.54 Å². The minimum atomic E-state index is -0.394. The van der Waals surface area contributed by atoms with Crippen LogP contribution in [0.5, 0.6) is 0 Å². The van der Waals surface area contributed by atoms with Crippen LogP contribution in [0.2, 0.25) is 0 Å². The standard InChI is InChI=1S/C14H21F2N/c1-5-8-17-13(14(2,3)4)11-9-10(15)6-7-12(11)16/h6-7,9,13,17H,5,8H2,1-4H3. The zero-order valence-corrected chi connectivity index (χ0v) is 11.0. The van der Waals surface area contributed by atoms with E-state index in [4.69, 9.17) is 0 Å². The van der Waals surface area contributed by atoms with E-state index in [0.717, 1.165) is 19.0 Å². The van der Waals surface area contributed by atoms with Gasteiger partial charge in [-0.3, -0.25) is 0 Å². The topological polar surface area (TPSA) is 12.0 Å². The van der Waals surface area contributed by atoms with Crippen molar-refractivity contribution in [2.24, 2.45) is 5.41 Å². The lowest BCUT2D eigenvalue weighted by atomic mass is 9.82. The summed E-state index contributed by atoms with van der Waals surface area (Å²) in [6.45, 7) is 8.90. The molecule has 3 heteroatoms. The molecule has 0 radical (unpaired) electrons. The van der Waals surface area contributed by atoms with Crippen LogP contribution in [-0.2, 0) is 0 Å². The molecule has 1 rings (SSSR count). The summed E-state index contributed by atoms with van der Waals surface area (Å²) >= 11 is 0. The van der Waals surface area contributed by atoms with E-state index in [1.807, 2.05) is 20.8 Å². The van der Waals surface area contributed by atoms with Crippen molar-refractivity contribution in [3.63, 3.8) is 0 Å². The molecule has 1 aromatic rings. The second-order valence-corrected chi connectivity index (χ2v) is 5.42. The Hall–Kier alpha value is -0.960. The van der Waals surface area contributed by atoms with Crippen molar-refractivity contribution in [2.45, 2.75) is 40.2 Å². The number of nitrogens with one attached hydrogen (secondary N) is 1. The highest BCUT2D eigenvalue weighted by atomic mass is 19.1. The molecule has 0 saturated carbocycles. The maximum absolute atomic E-state index is 13.8. The third kappa shape index (κ3) is 3.77. The summed E-state index contributed by atoms with van der Waals surface area (Å²) in [5, 5.41) is 3.29. The molecule has 1 aromatic carbocycles. The predicted octanol–water partition coefficient (Wildman–Crippen LogP) is 4.05. The molecule has 0 saturated heterocycles. The van der Waals surface area contributed by atoms with Gasteiger partial charge in [0.1, 0.15) is 11.6 Å². The van der Waals surface area contributed by atoms with Gasteiger partial charge in [0.05, 0.1) is 0 Å². The molecule has 0 aliphatic carbocycles. The second kappa shape index (κ2) is 5.58. The van der Waals surface area contributed by atoms with Crippen molar-refractivity contribution in [1.82, 2.24) is 5.32 Å². The molecule has 0 aromatic heterocycles. The van der Waals surface area contributed by atoms with Gasteiger partial charge in [-0.15, -0.1) is 0 Å². The summed E-state index contributed by atoms with van der Waals surface area (Å²) in [4.78, 5) is 0. The number of hydrogen-bond acceptors (Lipinski definition) is 1. The van der Waals surface area contributed by atoms with Gasteiger partial charge in [0.25, 0.3) is 0 Å². The van der Waals surface area contributed by atoms with E-state index in [9.17, 15) is 8.78 Å². The summed E-state index contributed by atoms with van der Waals surface area (Å²) in [5.41, 5.74) is 0.245. The largest absolute Gasteiger partial charge is 0.309 e. The monoisotopic (exact) mass is 241 g/mol. The van der Waals surface area contributed by atoms with E-state index in [1.54, 1.807) is 0 Å². The minimum absolute atomic E-state index is 0.163. The first kappa shape index (κ1) is 14.1. The van der Waals surface area contributed by atoms with E-state index >= 15 is 0 Å². The summed E-state index contributed by atoms with van der Waals surface area (Å²) in [6, 6.07) is 3.45. The van der Waals surface area contributed by atoms with E-state index in [1.165, 1.54) is 12.1 Å². The van der Waals surface area contributed by atoms with Crippen LogP contribution in [0.4, 0.5) is 8.78 Å². The van der Waals surface area contributed by atoms with Gasteiger partial charge in [0, 0.05) is 11.6 Å². The van der Waals surface area contributed by atoms with Crippen molar-refractivity contribution in [3.8, 4) is 0 Å². The number of hydrogen-bond donors (Lipinski definition) is 1. The van der Waals surface area contributed by atoms with Crippen LogP contribution >= 0.6 is 0 Å². The Kier molecular flexibility index (Phi) is 4.63. The Morgan fingerprint density at radius 2 is 1.88 bits per heavy atom. The minimum Gasteiger partial charge on any atom is -0.309 e. The van der Waals surface area contributed by atoms with Gasteiger partial charge < -0.3 is 5.32 Å². The van der Waals surface area contributed by atoms with Crippen LogP contribution in [0.15, 0.2) is 18.2 Å². The Bertz CT molecular complexity index is 369. The van der Waals surface area contributed by atoms with Gasteiger partial charge in [-0.05, 0) is 36.6 Å². The molecule has 0 amide bonds. The predicted molar refractivity (Wildman–Crippen MR) is 66.8 cm³/mol. The van der Waals surface area contributed by atoms with Gasteiger partial charge in [-0.2, -0.15) is 0 Å². The number of rotatable bonds is 4. The quantitative estimate of drug-likeness (QED) is 0.838. The fourth-order valence-corrected chi connectivity index (χ4v) is 1.91. The highest BCUT2D eigenvalue weighted by Gasteiger charge is 2.28. The van der Waals surface area contributed by atoms with E-state index < -0.39 is 5.82 Å². The van der Waals surface area contributed by atoms with Crippen molar-refractivity contribution in [3.05, 3.63) is 35.4 Å². The van der Waals surface area contributed by atoms with Gasteiger partial charge in [0.2, 0.25) is 0 Å². The lowest BCUT2D eigenvalue weighted by Crippen LogP contribution is -2.33. The molecule has 96 valence electrons. The molecule has 1 nitrogen and oxygen atoms in total. The molecule has 1 unspecified atom stereocenters. The summed E-state index contributed by atoms with van der Waals surface area (Å²) in [6.07, 6.45) is 0.962. The Labute approximate surface area is 102 Å². The third-order valence-corrected chi connectivity index (χ3v) is 2.73. The first-order chi connectivity index (χ1) is 7.86. The Morgan fingerprint density at radius 1 is 1.24 bits per heavy atom. The molecule has 0 spiro atoms. The van der Waals surface area contributed by atoms with Crippen molar-refractivity contribution >= 4 is 0 Å². The molecule has 17 heavy (non-hydrogen) atoms. The second-order valence-electron chi connectivity index (χ2n) is 5.42. The molecule has 0 heterocycles. The molecule has 0 aliphatic heterocycles. The maximum atomic E-state index is 13.8. The highest BCUT2D eigenvalue weighted by molar-refractivity contribution is 5.24. The van der Waals surface area contributed by atoms with Crippen LogP contribution in [0.25, 0.3) is 0 Å². The lowest BCUT2D eigenvalue weighted by Gasteiger charge is -2.32. The van der Waals surface area contributed by atoms with Crippen molar-refractivity contribution < 1.29 is 8.78 Å². The average Bonchev–Trinajstić information content (AvgIpc) is 2.21. The maximum Gasteiger partial charge on any atom is 0.128 e. The zero-order valence-electron chi connectivity index (χ0n) is 11.0. The first-order valence-electron chi connectivity index (χ1n) is 6.04. The molecule has 0 aliphatic rings. The molecule has 0 fully saturated rings. The van der Waals surface area contributed by atoms with Crippen molar-refractivity contribution in [1.29, 1.82) is 0 Å². The van der Waals surface area contributed by atoms with E-state index in [2.05, 4.69) is 12.2 Å². The van der Waals surface area contributed by atoms with Gasteiger partial charge in [0.15, 0.2) is 0 Å². The first-order valence-corrected chi connectivity index (χ1v) is 6.04. The number of benzene rings is 1. The number of halogens is 2. The van der Waals surface area contributed by atoms with Gasteiger partial charge in [-0.25, -0.2) is 8.78 Å².